The van der Waals surface area contributed by atoms with Gasteiger partial charge in [0.2, 0.25) is 0 Å². The molecule has 0 aromatic carbocycles. The van der Waals surface area contributed by atoms with Crippen molar-refractivity contribution in [3.63, 3.8) is 0 Å². The van der Waals surface area contributed by atoms with Gasteiger partial charge in [0.05, 0.1) is 13.0 Å². The third-order valence-corrected chi connectivity index (χ3v) is 4.62. The number of carbonyl (C=O) groups is 1. The highest BCUT2D eigenvalue weighted by molar-refractivity contribution is 5.71. The van der Waals surface area contributed by atoms with Crippen molar-refractivity contribution in [1.82, 2.24) is 0 Å². The van der Waals surface area contributed by atoms with Crippen LogP contribution in [0, 0.1) is 11.8 Å². The first-order chi connectivity index (χ1) is 11.1. The van der Waals surface area contributed by atoms with Crippen LogP contribution in [-0.4, -0.2) is 13.1 Å². The van der Waals surface area contributed by atoms with E-state index in [4.69, 9.17) is 4.74 Å². The van der Waals surface area contributed by atoms with Crippen LogP contribution in [0.2, 0.25) is 0 Å². The Kier molecular flexibility index (Phi) is 15.5. The molecule has 23 heavy (non-hydrogen) atoms. The molecule has 0 saturated carbocycles. The maximum atomic E-state index is 11.3. The van der Waals surface area contributed by atoms with Crippen molar-refractivity contribution in [2.75, 3.05) is 7.11 Å². The lowest BCUT2D eigenvalue weighted by atomic mass is 9.97. The summed E-state index contributed by atoms with van der Waals surface area (Å²) in [4.78, 5) is 11.3. The number of methoxy groups -OCH3 is 1. The predicted molar refractivity (Wildman–Crippen MR) is 101 cm³/mol. The Hall–Kier alpha value is -0.790. The second-order valence-corrected chi connectivity index (χ2v) is 7.08. The summed E-state index contributed by atoms with van der Waals surface area (Å²) >= 11 is 0. The number of allylic oxidation sites excluding steroid dienone is 2. The number of esters is 1. The maximum Gasteiger partial charge on any atom is 0.308 e. The van der Waals surface area contributed by atoms with E-state index in [1.54, 1.807) is 0 Å². The van der Waals surface area contributed by atoms with Gasteiger partial charge < -0.3 is 4.74 Å². The van der Waals surface area contributed by atoms with Gasteiger partial charge in [-0.3, -0.25) is 4.79 Å². The van der Waals surface area contributed by atoms with Gasteiger partial charge in [-0.25, -0.2) is 0 Å². The fourth-order valence-corrected chi connectivity index (χ4v) is 2.87. The van der Waals surface area contributed by atoms with Crippen molar-refractivity contribution in [2.45, 2.75) is 97.8 Å². The topological polar surface area (TPSA) is 26.3 Å². The molecule has 0 heterocycles. The molecule has 0 aliphatic rings. The molecular weight excluding hydrogens is 284 g/mol. The summed E-state index contributed by atoms with van der Waals surface area (Å²) in [5.74, 6) is 0.729. The number of unbranched alkanes of at least 4 members (excludes halogenated alkanes) is 7. The van der Waals surface area contributed by atoms with E-state index in [2.05, 4.69) is 26.0 Å². The molecule has 0 fully saturated rings. The Morgan fingerprint density at radius 2 is 1.57 bits per heavy atom. The fraction of sp³-hybridized carbons (Fsp3) is 0.857. The second-order valence-electron chi connectivity index (χ2n) is 7.08. The molecule has 2 nitrogen and oxygen atoms in total. The SMILES string of the molecule is CCCCCCCCC=CCC(C)CCCCC(C)C(=O)OC. The molecule has 136 valence electrons. The Labute approximate surface area is 145 Å². The molecule has 0 saturated heterocycles. The standard InChI is InChI=1S/C21H40O2/c1-5-6-7-8-9-10-11-12-13-16-19(2)17-14-15-18-20(3)21(22)23-4/h12-13,19-20H,5-11,14-18H2,1-4H3. The molecule has 0 bridgehead atoms. The molecule has 0 rings (SSSR count). The molecule has 0 radical (unpaired) electrons. The third-order valence-electron chi connectivity index (χ3n) is 4.62. The summed E-state index contributed by atoms with van der Waals surface area (Å²) < 4.78 is 4.75. The van der Waals surface area contributed by atoms with Gasteiger partial charge in [0.1, 0.15) is 0 Å². The van der Waals surface area contributed by atoms with E-state index < -0.39 is 0 Å². The lowest BCUT2D eigenvalue weighted by molar-refractivity contribution is -0.145. The lowest BCUT2D eigenvalue weighted by Crippen LogP contribution is -2.12. The van der Waals surface area contributed by atoms with Crippen molar-refractivity contribution in [3.8, 4) is 0 Å². The van der Waals surface area contributed by atoms with Crippen LogP contribution in [0.1, 0.15) is 97.8 Å². The van der Waals surface area contributed by atoms with E-state index in [0.717, 1.165) is 18.8 Å². The molecule has 0 spiro atoms. The van der Waals surface area contributed by atoms with Crippen LogP contribution in [-0.2, 0) is 9.53 Å². The highest BCUT2D eigenvalue weighted by Crippen LogP contribution is 2.17. The Balaban J connectivity index is 3.44. The Morgan fingerprint density at radius 3 is 2.26 bits per heavy atom. The zero-order chi connectivity index (χ0) is 17.3. The van der Waals surface area contributed by atoms with Crippen LogP contribution < -0.4 is 0 Å². The van der Waals surface area contributed by atoms with Crippen LogP contribution in [0.4, 0.5) is 0 Å². The first kappa shape index (κ1) is 22.2. The van der Waals surface area contributed by atoms with Crippen LogP contribution in [0.5, 0.6) is 0 Å². The van der Waals surface area contributed by atoms with E-state index in [0.29, 0.717) is 0 Å². The highest BCUT2D eigenvalue weighted by Gasteiger charge is 2.12. The Morgan fingerprint density at radius 1 is 0.913 bits per heavy atom. The average molecular weight is 325 g/mol. The largest absolute Gasteiger partial charge is 0.469 e. The molecule has 0 aliphatic carbocycles. The van der Waals surface area contributed by atoms with Crippen LogP contribution in [0.15, 0.2) is 12.2 Å². The molecule has 2 heteroatoms. The van der Waals surface area contributed by atoms with Gasteiger partial charge in [0.25, 0.3) is 0 Å². The molecular formula is C21H40O2. The average Bonchev–Trinajstić information content (AvgIpc) is 2.56. The first-order valence-corrected chi connectivity index (χ1v) is 9.84. The van der Waals surface area contributed by atoms with Gasteiger partial charge in [-0.1, -0.05) is 84.3 Å². The number of carbonyl (C=O) groups excluding carboxylic acids is 1. The first-order valence-electron chi connectivity index (χ1n) is 9.84. The minimum Gasteiger partial charge on any atom is -0.469 e. The van der Waals surface area contributed by atoms with Gasteiger partial charge >= 0.3 is 5.97 Å². The summed E-state index contributed by atoms with van der Waals surface area (Å²) in [6, 6.07) is 0. The predicted octanol–water partition coefficient (Wildman–Crippen LogP) is 6.69. The zero-order valence-electron chi connectivity index (χ0n) is 16.1. The van der Waals surface area contributed by atoms with E-state index in [1.165, 1.54) is 71.3 Å². The van der Waals surface area contributed by atoms with Gasteiger partial charge in [-0.05, 0) is 31.6 Å². The number of rotatable bonds is 15. The summed E-state index contributed by atoms with van der Waals surface area (Å²) in [5.41, 5.74) is 0. The number of ether oxygens (including phenoxy) is 1. The van der Waals surface area contributed by atoms with Crippen molar-refractivity contribution in [1.29, 1.82) is 0 Å². The van der Waals surface area contributed by atoms with Crippen molar-refractivity contribution in [2.24, 2.45) is 11.8 Å². The van der Waals surface area contributed by atoms with Crippen molar-refractivity contribution < 1.29 is 9.53 Å². The fourth-order valence-electron chi connectivity index (χ4n) is 2.87. The highest BCUT2D eigenvalue weighted by atomic mass is 16.5. The molecule has 0 aromatic rings. The summed E-state index contributed by atoms with van der Waals surface area (Å²) in [7, 11) is 1.47. The zero-order valence-corrected chi connectivity index (χ0v) is 16.1. The minimum atomic E-state index is -0.0734. The van der Waals surface area contributed by atoms with Crippen molar-refractivity contribution >= 4 is 5.97 Å². The van der Waals surface area contributed by atoms with Crippen LogP contribution >= 0.6 is 0 Å². The Bertz CT molecular complexity index is 296. The van der Waals surface area contributed by atoms with E-state index in [1.807, 2.05) is 6.92 Å². The molecule has 0 aliphatic heterocycles. The van der Waals surface area contributed by atoms with Gasteiger partial charge in [-0.15, -0.1) is 0 Å². The third kappa shape index (κ3) is 14.5. The lowest BCUT2D eigenvalue weighted by Gasteiger charge is -2.11. The smallest absolute Gasteiger partial charge is 0.308 e. The van der Waals surface area contributed by atoms with E-state index >= 15 is 0 Å². The maximum absolute atomic E-state index is 11.3. The second kappa shape index (κ2) is 16.1. The van der Waals surface area contributed by atoms with E-state index in [-0.39, 0.29) is 11.9 Å². The number of hydrogen-bond donors (Lipinski definition) is 0. The van der Waals surface area contributed by atoms with E-state index in [9.17, 15) is 4.79 Å². The monoisotopic (exact) mass is 324 g/mol. The number of hydrogen-bond acceptors (Lipinski definition) is 2. The van der Waals surface area contributed by atoms with Crippen LogP contribution in [0.3, 0.4) is 0 Å². The quantitative estimate of drug-likeness (QED) is 0.190. The minimum absolute atomic E-state index is 0.0486. The molecule has 0 N–H and O–H groups in total. The summed E-state index contributed by atoms with van der Waals surface area (Å²) in [6.45, 7) is 6.56. The summed E-state index contributed by atoms with van der Waals surface area (Å²) in [6.07, 6.45) is 20.0. The van der Waals surface area contributed by atoms with Crippen LogP contribution in [0.25, 0.3) is 0 Å². The molecule has 0 amide bonds. The van der Waals surface area contributed by atoms with Gasteiger partial charge in [-0.2, -0.15) is 0 Å². The van der Waals surface area contributed by atoms with Gasteiger partial charge in [0, 0.05) is 0 Å². The molecule has 2 atom stereocenters. The molecule has 2 unspecified atom stereocenters. The summed E-state index contributed by atoms with van der Waals surface area (Å²) in [5, 5.41) is 0. The van der Waals surface area contributed by atoms with Crippen molar-refractivity contribution in [3.05, 3.63) is 12.2 Å². The normalized spacial score (nSPS) is 14.1. The molecule has 0 aromatic heterocycles. The van der Waals surface area contributed by atoms with Gasteiger partial charge in [0.15, 0.2) is 0 Å².